The van der Waals surface area contributed by atoms with E-state index in [1.54, 1.807) is 12.1 Å². The Bertz CT molecular complexity index is 843. The number of rotatable bonds is 3. The third-order valence-electron chi connectivity index (χ3n) is 4.26. The van der Waals surface area contributed by atoms with Crippen LogP contribution in [0.5, 0.6) is 5.75 Å². The summed E-state index contributed by atoms with van der Waals surface area (Å²) in [5.41, 5.74) is 1.53. The first-order valence-corrected chi connectivity index (χ1v) is 7.94. The molecule has 23 heavy (non-hydrogen) atoms. The maximum atomic E-state index is 10.1. The number of nitrogens with zero attached hydrogens (tertiary/aromatic N) is 2. The van der Waals surface area contributed by atoms with Crippen LogP contribution in [0.2, 0.25) is 0 Å². The summed E-state index contributed by atoms with van der Waals surface area (Å²) in [7, 11) is 0. The third kappa shape index (κ3) is 2.71. The Hall–Kier alpha value is -2.66. The summed E-state index contributed by atoms with van der Waals surface area (Å²) in [6.45, 7) is 2.21. The molecule has 5 nitrogen and oxygen atoms in total. The second-order valence-corrected chi connectivity index (χ2v) is 5.87. The number of fused-ring (bicyclic) bond motifs is 1. The highest BCUT2D eigenvalue weighted by atomic mass is 16.3. The number of phenols is 1. The second-order valence-electron chi connectivity index (χ2n) is 5.87. The van der Waals surface area contributed by atoms with Crippen molar-refractivity contribution in [1.82, 2.24) is 9.97 Å². The molecule has 1 aliphatic rings. The van der Waals surface area contributed by atoms with E-state index in [-0.39, 0.29) is 5.75 Å². The smallest absolute Gasteiger partial charge is 0.165 e. The summed E-state index contributed by atoms with van der Waals surface area (Å²) in [6.07, 6.45) is 1.13. The summed E-state index contributed by atoms with van der Waals surface area (Å²) < 4.78 is 0. The number of para-hydroxylation sites is 2. The minimum Gasteiger partial charge on any atom is -0.507 e. The first-order chi connectivity index (χ1) is 11.3. The van der Waals surface area contributed by atoms with Crippen molar-refractivity contribution in [2.75, 3.05) is 18.4 Å². The summed E-state index contributed by atoms with van der Waals surface area (Å²) in [4.78, 5) is 9.32. The average Bonchev–Trinajstić information content (AvgIpc) is 3.08. The highest BCUT2D eigenvalue weighted by Crippen LogP contribution is 2.30. The van der Waals surface area contributed by atoms with Crippen LogP contribution >= 0.6 is 0 Å². The molecule has 116 valence electrons. The van der Waals surface area contributed by atoms with Crippen LogP contribution in [-0.4, -0.2) is 34.2 Å². The van der Waals surface area contributed by atoms with Gasteiger partial charge in [0.1, 0.15) is 11.6 Å². The van der Waals surface area contributed by atoms with Crippen molar-refractivity contribution in [1.29, 1.82) is 0 Å². The molecule has 3 aromatic rings. The Kier molecular flexibility index (Phi) is 3.55. The van der Waals surface area contributed by atoms with Crippen molar-refractivity contribution in [3.63, 3.8) is 0 Å². The summed E-state index contributed by atoms with van der Waals surface area (Å²) in [6, 6.07) is 15.6. The lowest BCUT2D eigenvalue weighted by molar-refractivity contribution is -0.636. The number of hydrogen-bond donors (Lipinski definition) is 3. The molecule has 5 heteroatoms. The quantitative estimate of drug-likeness (QED) is 0.689. The number of aromatic nitrogens is 2. The first kappa shape index (κ1) is 14.0. The van der Waals surface area contributed by atoms with Gasteiger partial charge in [0, 0.05) is 11.8 Å². The fourth-order valence-electron chi connectivity index (χ4n) is 3.05. The molecule has 4 N–H and O–H groups in total. The van der Waals surface area contributed by atoms with Crippen molar-refractivity contribution < 1.29 is 10.4 Å². The third-order valence-corrected chi connectivity index (χ3v) is 4.26. The molecule has 0 aliphatic carbocycles. The molecule has 1 aliphatic heterocycles. The standard InChI is InChI=1S/C18H18N4O/c23-16-8-4-2-6-14(16)18-21-15-7-3-1-5-13(15)17(22-18)20-12-9-10-19-11-12/h1-8,12,19,23H,9-11H2,(H,20,21,22)/p+1/t12-/m0/s1. The van der Waals surface area contributed by atoms with Gasteiger partial charge in [-0.15, -0.1) is 0 Å². The van der Waals surface area contributed by atoms with Gasteiger partial charge in [-0.05, 0) is 24.3 Å². The van der Waals surface area contributed by atoms with Gasteiger partial charge in [-0.1, -0.05) is 24.3 Å². The van der Waals surface area contributed by atoms with E-state index < -0.39 is 0 Å². The van der Waals surface area contributed by atoms with Crippen molar-refractivity contribution in [2.45, 2.75) is 12.5 Å². The van der Waals surface area contributed by atoms with E-state index in [9.17, 15) is 5.11 Å². The van der Waals surface area contributed by atoms with Crippen LogP contribution in [0.3, 0.4) is 0 Å². The molecule has 0 spiro atoms. The summed E-state index contributed by atoms with van der Waals surface area (Å²) in [5, 5.41) is 17.0. The predicted octanol–water partition coefficient (Wildman–Crippen LogP) is 1.75. The maximum Gasteiger partial charge on any atom is 0.165 e. The normalized spacial score (nSPS) is 17.5. The number of phenolic OH excluding ortho intramolecular Hbond substituents is 1. The molecule has 2 aromatic carbocycles. The Morgan fingerprint density at radius 3 is 2.70 bits per heavy atom. The molecule has 1 saturated heterocycles. The number of quaternary nitrogens is 1. The van der Waals surface area contributed by atoms with Crippen LogP contribution in [0.15, 0.2) is 48.5 Å². The van der Waals surface area contributed by atoms with Gasteiger partial charge in [0.25, 0.3) is 0 Å². The number of nitrogens with one attached hydrogen (secondary N) is 1. The van der Waals surface area contributed by atoms with Gasteiger partial charge in [0.05, 0.1) is 30.2 Å². The lowest BCUT2D eigenvalue weighted by atomic mass is 10.1. The van der Waals surface area contributed by atoms with E-state index in [0.717, 1.165) is 36.2 Å². The summed E-state index contributed by atoms with van der Waals surface area (Å²) in [5.74, 6) is 1.59. The monoisotopic (exact) mass is 307 g/mol. The zero-order valence-corrected chi connectivity index (χ0v) is 12.7. The number of benzene rings is 2. The molecule has 2 heterocycles. The lowest BCUT2D eigenvalue weighted by Crippen LogP contribution is -2.81. The number of hydrogen-bond acceptors (Lipinski definition) is 4. The molecule has 1 atom stereocenters. The fourth-order valence-corrected chi connectivity index (χ4v) is 3.05. The van der Waals surface area contributed by atoms with Crippen LogP contribution < -0.4 is 10.6 Å². The maximum absolute atomic E-state index is 10.1. The average molecular weight is 307 g/mol. The number of anilines is 1. The highest BCUT2D eigenvalue weighted by molar-refractivity contribution is 5.91. The van der Waals surface area contributed by atoms with Gasteiger partial charge in [-0.25, -0.2) is 9.97 Å². The van der Waals surface area contributed by atoms with Gasteiger partial charge in [-0.3, -0.25) is 0 Å². The van der Waals surface area contributed by atoms with Gasteiger partial charge < -0.3 is 15.7 Å². The zero-order chi connectivity index (χ0) is 15.6. The first-order valence-electron chi connectivity index (χ1n) is 7.94. The molecule has 0 bridgehead atoms. The van der Waals surface area contributed by atoms with Gasteiger partial charge >= 0.3 is 0 Å². The van der Waals surface area contributed by atoms with E-state index in [1.807, 2.05) is 36.4 Å². The van der Waals surface area contributed by atoms with Crippen LogP contribution in [0.25, 0.3) is 22.3 Å². The molecular weight excluding hydrogens is 288 g/mol. The van der Waals surface area contributed by atoms with E-state index in [2.05, 4.69) is 15.6 Å². The van der Waals surface area contributed by atoms with Crippen LogP contribution in [-0.2, 0) is 0 Å². The minimum atomic E-state index is 0.197. The summed E-state index contributed by atoms with van der Waals surface area (Å²) >= 11 is 0. The molecule has 0 radical (unpaired) electrons. The Labute approximate surface area is 134 Å². The minimum absolute atomic E-state index is 0.197. The van der Waals surface area contributed by atoms with Crippen LogP contribution in [0.4, 0.5) is 5.82 Å². The molecular formula is C18H19N4O+. The van der Waals surface area contributed by atoms with E-state index in [1.165, 1.54) is 0 Å². The van der Waals surface area contributed by atoms with Crippen molar-refractivity contribution in [3.8, 4) is 17.1 Å². The largest absolute Gasteiger partial charge is 0.507 e. The SMILES string of the molecule is Oc1ccccc1-c1nc(N[C@H]2CC[NH2+]C2)c2ccccc2n1. The van der Waals surface area contributed by atoms with Crippen LogP contribution in [0, 0.1) is 0 Å². The lowest BCUT2D eigenvalue weighted by Gasteiger charge is -2.14. The number of nitrogens with two attached hydrogens (primary N) is 1. The Morgan fingerprint density at radius 1 is 1.04 bits per heavy atom. The van der Waals surface area contributed by atoms with Gasteiger partial charge in [0.2, 0.25) is 0 Å². The topological polar surface area (TPSA) is 74.7 Å². The second kappa shape index (κ2) is 5.85. The Balaban J connectivity index is 1.84. The molecule has 0 amide bonds. The van der Waals surface area contributed by atoms with Crippen molar-refractivity contribution in [2.24, 2.45) is 0 Å². The van der Waals surface area contributed by atoms with E-state index in [4.69, 9.17) is 4.98 Å². The number of aromatic hydroxyl groups is 1. The Morgan fingerprint density at radius 2 is 1.87 bits per heavy atom. The fraction of sp³-hybridized carbons (Fsp3) is 0.222. The molecule has 1 aromatic heterocycles. The van der Waals surface area contributed by atoms with Gasteiger partial charge in [-0.2, -0.15) is 0 Å². The van der Waals surface area contributed by atoms with Crippen molar-refractivity contribution in [3.05, 3.63) is 48.5 Å². The highest BCUT2D eigenvalue weighted by Gasteiger charge is 2.20. The molecule has 4 rings (SSSR count). The van der Waals surface area contributed by atoms with Crippen LogP contribution in [0.1, 0.15) is 6.42 Å². The predicted molar refractivity (Wildman–Crippen MR) is 90.3 cm³/mol. The van der Waals surface area contributed by atoms with E-state index in [0.29, 0.717) is 17.4 Å². The molecule has 1 fully saturated rings. The van der Waals surface area contributed by atoms with E-state index >= 15 is 0 Å². The van der Waals surface area contributed by atoms with Crippen molar-refractivity contribution >= 4 is 16.7 Å². The molecule has 0 saturated carbocycles. The van der Waals surface area contributed by atoms with Gasteiger partial charge in [0.15, 0.2) is 5.82 Å². The molecule has 0 unspecified atom stereocenters. The zero-order valence-electron chi connectivity index (χ0n) is 12.7.